The number of nitrogens with zero attached hydrogens (tertiary/aromatic N) is 2. The Morgan fingerprint density at radius 1 is 1.04 bits per heavy atom. The van der Waals surface area contributed by atoms with Crippen molar-refractivity contribution in [1.82, 2.24) is 9.55 Å². The van der Waals surface area contributed by atoms with E-state index in [4.69, 9.17) is 14.2 Å². The van der Waals surface area contributed by atoms with Crippen molar-refractivity contribution < 1.29 is 19.0 Å². The lowest BCUT2D eigenvalue weighted by Crippen LogP contribution is -2.19. The van der Waals surface area contributed by atoms with Gasteiger partial charge in [-0.05, 0) is 26.0 Å². The second-order valence-electron chi connectivity index (χ2n) is 6.18. The summed E-state index contributed by atoms with van der Waals surface area (Å²) >= 11 is 0. The van der Waals surface area contributed by atoms with Crippen molar-refractivity contribution in [2.45, 2.75) is 19.9 Å². The molecule has 28 heavy (non-hydrogen) atoms. The number of hydrogen-bond acceptors (Lipinski definition) is 5. The Balaban J connectivity index is 2.29. The molecule has 0 amide bonds. The average Bonchev–Trinajstić information content (AvgIpc) is 3.17. The monoisotopic (exact) mass is 380 g/mol. The first-order valence-corrected chi connectivity index (χ1v) is 9.12. The predicted octanol–water partition coefficient (Wildman–Crippen LogP) is 4.36. The van der Waals surface area contributed by atoms with E-state index in [9.17, 15) is 4.79 Å². The third kappa shape index (κ3) is 3.58. The number of aromatic nitrogens is 2. The molecule has 2 aromatic carbocycles. The van der Waals surface area contributed by atoms with Crippen molar-refractivity contribution >= 4 is 5.97 Å². The maximum absolute atomic E-state index is 12.4. The van der Waals surface area contributed by atoms with Gasteiger partial charge in [0.05, 0.1) is 44.1 Å². The molecule has 0 bridgehead atoms. The number of methoxy groups -OCH3 is 2. The van der Waals surface area contributed by atoms with E-state index in [1.807, 2.05) is 48.5 Å². The van der Waals surface area contributed by atoms with Crippen LogP contribution in [0.3, 0.4) is 0 Å². The zero-order valence-electron chi connectivity index (χ0n) is 16.5. The van der Waals surface area contributed by atoms with Gasteiger partial charge in [0.25, 0.3) is 0 Å². The van der Waals surface area contributed by atoms with Crippen LogP contribution < -0.4 is 9.47 Å². The molecule has 6 heteroatoms. The fourth-order valence-electron chi connectivity index (χ4n) is 3.17. The number of carbonyl (C=O) groups excluding carboxylic acids is 1. The highest BCUT2D eigenvalue weighted by atomic mass is 16.5. The van der Waals surface area contributed by atoms with Crippen molar-refractivity contribution in [2.24, 2.45) is 0 Å². The van der Waals surface area contributed by atoms with Gasteiger partial charge in [-0.1, -0.05) is 36.4 Å². The van der Waals surface area contributed by atoms with E-state index in [-0.39, 0.29) is 5.97 Å². The van der Waals surface area contributed by atoms with E-state index in [0.717, 1.165) is 22.5 Å². The van der Waals surface area contributed by atoms with Gasteiger partial charge < -0.3 is 18.8 Å². The number of esters is 1. The summed E-state index contributed by atoms with van der Waals surface area (Å²) in [7, 11) is 3.21. The molecule has 0 spiro atoms. The summed E-state index contributed by atoms with van der Waals surface area (Å²) in [5.74, 6) is 0.943. The SMILES string of the molecule is CCOC(=O)[C@H](C)n1cnc(-c2ccccc2)c1-c1c(OC)cccc1OC. The minimum atomic E-state index is -0.561. The van der Waals surface area contributed by atoms with Gasteiger partial charge in [-0.15, -0.1) is 0 Å². The lowest BCUT2D eigenvalue weighted by Gasteiger charge is -2.19. The van der Waals surface area contributed by atoms with Gasteiger partial charge in [-0.2, -0.15) is 0 Å². The third-order valence-electron chi connectivity index (χ3n) is 4.55. The van der Waals surface area contributed by atoms with Crippen LogP contribution >= 0.6 is 0 Å². The van der Waals surface area contributed by atoms with E-state index in [0.29, 0.717) is 18.1 Å². The molecule has 1 atom stereocenters. The Kier molecular flexibility index (Phi) is 5.99. The molecular formula is C22H24N2O4. The Hall–Kier alpha value is -3.28. The molecule has 0 aliphatic carbocycles. The van der Waals surface area contributed by atoms with E-state index >= 15 is 0 Å². The van der Waals surface area contributed by atoms with Crippen LogP contribution in [0.5, 0.6) is 11.5 Å². The summed E-state index contributed by atoms with van der Waals surface area (Å²) in [5.41, 5.74) is 3.14. The van der Waals surface area contributed by atoms with E-state index in [1.165, 1.54) is 0 Å². The number of ether oxygens (including phenoxy) is 3. The third-order valence-corrected chi connectivity index (χ3v) is 4.55. The molecule has 146 valence electrons. The topological polar surface area (TPSA) is 62.6 Å². The maximum Gasteiger partial charge on any atom is 0.328 e. The highest BCUT2D eigenvalue weighted by Gasteiger charge is 2.27. The number of carbonyl (C=O) groups is 1. The van der Waals surface area contributed by atoms with Gasteiger partial charge in [0.1, 0.15) is 17.5 Å². The minimum absolute atomic E-state index is 0.316. The van der Waals surface area contributed by atoms with Crippen LogP contribution in [-0.4, -0.2) is 36.3 Å². The summed E-state index contributed by atoms with van der Waals surface area (Å²) < 4.78 is 18.2. The number of benzene rings is 2. The average molecular weight is 380 g/mol. The Labute approximate surface area is 164 Å². The van der Waals surface area contributed by atoms with Crippen LogP contribution in [0, 0.1) is 0 Å². The van der Waals surface area contributed by atoms with Gasteiger partial charge in [0, 0.05) is 5.56 Å². The van der Waals surface area contributed by atoms with E-state index in [1.54, 1.807) is 39.0 Å². The standard InChI is InChI=1S/C22H24N2O4/c1-5-28-22(25)15(2)24-14-23-20(16-10-7-6-8-11-16)21(24)19-17(26-3)12-9-13-18(19)27-4/h6-15H,5H2,1-4H3/t15-/m0/s1. The van der Waals surface area contributed by atoms with Gasteiger partial charge in [-0.25, -0.2) is 9.78 Å². The second-order valence-corrected chi connectivity index (χ2v) is 6.18. The van der Waals surface area contributed by atoms with Crippen LogP contribution in [0.4, 0.5) is 0 Å². The number of rotatable bonds is 7. The summed E-state index contributed by atoms with van der Waals surface area (Å²) in [6.45, 7) is 3.90. The molecule has 0 aliphatic rings. The summed E-state index contributed by atoms with van der Waals surface area (Å²) in [6.07, 6.45) is 1.66. The van der Waals surface area contributed by atoms with Crippen molar-refractivity contribution in [3.63, 3.8) is 0 Å². The van der Waals surface area contributed by atoms with Crippen LogP contribution in [0.1, 0.15) is 19.9 Å². The van der Waals surface area contributed by atoms with Gasteiger partial charge in [0.2, 0.25) is 0 Å². The lowest BCUT2D eigenvalue weighted by molar-refractivity contribution is -0.146. The zero-order chi connectivity index (χ0) is 20.1. The molecule has 1 heterocycles. The summed E-state index contributed by atoms with van der Waals surface area (Å²) in [5, 5.41) is 0. The first kappa shape index (κ1) is 19.5. The van der Waals surface area contributed by atoms with Crippen LogP contribution in [-0.2, 0) is 9.53 Å². The largest absolute Gasteiger partial charge is 0.496 e. The molecule has 0 saturated carbocycles. The summed E-state index contributed by atoms with van der Waals surface area (Å²) in [4.78, 5) is 17.1. The van der Waals surface area contributed by atoms with Gasteiger partial charge in [0.15, 0.2) is 0 Å². The predicted molar refractivity (Wildman–Crippen MR) is 108 cm³/mol. The van der Waals surface area contributed by atoms with E-state index in [2.05, 4.69) is 4.98 Å². The summed E-state index contributed by atoms with van der Waals surface area (Å²) in [6, 6.07) is 14.8. The molecule has 0 aliphatic heterocycles. The molecule has 0 unspecified atom stereocenters. The molecule has 0 fully saturated rings. The number of imidazole rings is 1. The van der Waals surface area contributed by atoms with Crippen LogP contribution in [0.2, 0.25) is 0 Å². The Morgan fingerprint density at radius 2 is 1.68 bits per heavy atom. The Bertz CT molecular complexity index is 928. The molecular weight excluding hydrogens is 356 g/mol. The van der Waals surface area contributed by atoms with Crippen molar-refractivity contribution in [3.05, 3.63) is 54.9 Å². The highest BCUT2D eigenvalue weighted by Crippen LogP contribution is 2.43. The highest BCUT2D eigenvalue weighted by molar-refractivity contribution is 5.87. The van der Waals surface area contributed by atoms with Crippen LogP contribution in [0.25, 0.3) is 22.5 Å². The van der Waals surface area contributed by atoms with Gasteiger partial charge in [-0.3, -0.25) is 0 Å². The number of hydrogen-bond donors (Lipinski definition) is 0. The molecule has 0 saturated heterocycles. The fraction of sp³-hybridized carbons (Fsp3) is 0.273. The molecule has 3 aromatic rings. The minimum Gasteiger partial charge on any atom is -0.496 e. The fourth-order valence-corrected chi connectivity index (χ4v) is 3.17. The maximum atomic E-state index is 12.4. The van der Waals surface area contributed by atoms with Gasteiger partial charge >= 0.3 is 5.97 Å². The lowest BCUT2D eigenvalue weighted by atomic mass is 10.0. The van der Waals surface area contributed by atoms with Crippen LogP contribution in [0.15, 0.2) is 54.9 Å². The molecule has 6 nitrogen and oxygen atoms in total. The first-order valence-electron chi connectivity index (χ1n) is 9.12. The molecule has 3 rings (SSSR count). The van der Waals surface area contributed by atoms with E-state index < -0.39 is 6.04 Å². The molecule has 0 N–H and O–H groups in total. The van der Waals surface area contributed by atoms with Crippen molar-refractivity contribution in [2.75, 3.05) is 20.8 Å². The molecule has 0 radical (unpaired) electrons. The normalized spacial score (nSPS) is 11.7. The zero-order valence-corrected chi connectivity index (χ0v) is 16.5. The first-order chi connectivity index (χ1) is 13.6. The molecule has 1 aromatic heterocycles. The van der Waals surface area contributed by atoms with Crippen molar-refractivity contribution in [3.8, 4) is 34.0 Å². The Morgan fingerprint density at radius 3 is 2.25 bits per heavy atom. The second kappa shape index (κ2) is 8.61. The van der Waals surface area contributed by atoms with Crippen molar-refractivity contribution in [1.29, 1.82) is 0 Å². The smallest absolute Gasteiger partial charge is 0.328 e. The quantitative estimate of drug-likeness (QED) is 0.570.